The number of hydrogen-bond acceptors (Lipinski definition) is 4. The van der Waals surface area contributed by atoms with Crippen LogP contribution in [0.1, 0.15) is 20.3 Å². The van der Waals surface area contributed by atoms with Gasteiger partial charge in [-0.15, -0.1) is 0 Å². The predicted molar refractivity (Wildman–Crippen MR) is 65.1 cm³/mol. The molecule has 0 bridgehead atoms. The molecule has 0 radical (unpaired) electrons. The average Bonchev–Trinajstić information content (AvgIpc) is 2.62. The van der Waals surface area contributed by atoms with Crippen molar-refractivity contribution in [2.24, 2.45) is 5.92 Å². The standard InChI is InChI=1S/C11H20N4O2/c1-8(2)3-10(7-16)14-11(17)6-15-5-9(12)4-13-15/h4-5,8,10,16H,3,6-7,12H2,1-2H3,(H,14,17). The molecule has 1 heterocycles. The first-order valence-corrected chi connectivity index (χ1v) is 5.69. The second-order valence-corrected chi connectivity index (χ2v) is 4.55. The first-order valence-electron chi connectivity index (χ1n) is 5.69. The quantitative estimate of drug-likeness (QED) is 0.652. The number of aliphatic hydroxyl groups is 1. The zero-order chi connectivity index (χ0) is 12.8. The van der Waals surface area contributed by atoms with Crippen molar-refractivity contribution in [3.63, 3.8) is 0 Å². The maximum Gasteiger partial charge on any atom is 0.242 e. The summed E-state index contributed by atoms with van der Waals surface area (Å²) in [5.74, 6) is 0.251. The molecule has 1 aromatic rings. The van der Waals surface area contributed by atoms with Crippen molar-refractivity contribution < 1.29 is 9.90 Å². The van der Waals surface area contributed by atoms with Crippen LogP contribution in [0.2, 0.25) is 0 Å². The number of aliphatic hydroxyl groups excluding tert-OH is 1. The lowest BCUT2D eigenvalue weighted by atomic mass is 10.0. The molecule has 0 saturated heterocycles. The zero-order valence-electron chi connectivity index (χ0n) is 10.3. The van der Waals surface area contributed by atoms with Crippen molar-refractivity contribution in [1.29, 1.82) is 0 Å². The van der Waals surface area contributed by atoms with Crippen LogP contribution in [0.4, 0.5) is 5.69 Å². The van der Waals surface area contributed by atoms with Gasteiger partial charge in [0.25, 0.3) is 0 Å². The van der Waals surface area contributed by atoms with Gasteiger partial charge in [0.05, 0.1) is 24.5 Å². The molecular formula is C11H20N4O2. The first kappa shape index (κ1) is 13.5. The molecule has 0 fully saturated rings. The van der Waals surface area contributed by atoms with Crippen LogP contribution in [0.5, 0.6) is 0 Å². The number of nitrogens with zero attached hydrogens (tertiary/aromatic N) is 2. The van der Waals surface area contributed by atoms with Gasteiger partial charge in [-0.05, 0) is 12.3 Å². The molecule has 0 aliphatic heterocycles. The van der Waals surface area contributed by atoms with Crippen molar-refractivity contribution in [3.8, 4) is 0 Å². The van der Waals surface area contributed by atoms with Gasteiger partial charge >= 0.3 is 0 Å². The van der Waals surface area contributed by atoms with Crippen molar-refractivity contribution >= 4 is 11.6 Å². The summed E-state index contributed by atoms with van der Waals surface area (Å²) in [5.41, 5.74) is 6.02. The van der Waals surface area contributed by atoms with Crippen LogP contribution in [0.15, 0.2) is 12.4 Å². The van der Waals surface area contributed by atoms with Gasteiger partial charge in [-0.3, -0.25) is 9.48 Å². The maximum absolute atomic E-state index is 11.6. The SMILES string of the molecule is CC(C)CC(CO)NC(=O)Cn1cc(N)cn1. The number of carbonyl (C=O) groups is 1. The largest absolute Gasteiger partial charge is 0.396 e. The smallest absolute Gasteiger partial charge is 0.242 e. The van der Waals surface area contributed by atoms with E-state index in [1.807, 2.05) is 13.8 Å². The lowest BCUT2D eigenvalue weighted by molar-refractivity contribution is -0.123. The molecule has 96 valence electrons. The van der Waals surface area contributed by atoms with Crippen molar-refractivity contribution in [2.75, 3.05) is 12.3 Å². The van der Waals surface area contributed by atoms with E-state index in [2.05, 4.69) is 10.4 Å². The molecule has 0 aliphatic carbocycles. The molecular weight excluding hydrogens is 220 g/mol. The van der Waals surface area contributed by atoms with Crippen LogP contribution in [0, 0.1) is 5.92 Å². The Balaban J connectivity index is 2.42. The summed E-state index contributed by atoms with van der Waals surface area (Å²) in [7, 11) is 0. The van der Waals surface area contributed by atoms with Crippen LogP contribution in [-0.2, 0) is 11.3 Å². The molecule has 0 saturated carbocycles. The summed E-state index contributed by atoms with van der Waals surface area (Å²) < 4.78 is 1.47. The number of amides is 1. The fourth-order valence-electron chi connectivity index (χ4n) is 1.63. The Morgan fingerprint density at radius 1 is 1.65 bits per heavy atom. The number of anilines is 1. The zero-order valence-corrected chi connectivity index (χ0v) is 10.3. The Morgan fingerprint density at radius 3 is 2.82 bits per heavy atom. The third-order valence-corrected chi connectivity index (χ3v) is 2.30. The van der Waals surface area contributed by atoms with Crippen LogP contribution in [-0.4, -0.2) is 33.4 Å². The van der Waals surface area contributed by atoms with E-state index >= 15 is 0 Å². The van der Waals surface area contributed by atoms with Gasteiger partial charge in [-0.1, -0.05) is 13.8 Å². The van der Waals surface area contributed by atoms with Crippen LogP contribution >= 0.6 is 0 Å². The number of nitrogens with one attached hydrogen (secondary N) is 1. The van der Waals surface area contributed by atoms with Gasteiger partial charge in [0.15, 0.2) is 0 Å². The number of rotatable bonds is 6. The Hall–Kier alpha value is -1.56. The molecule has 6 heteroatoms. The van der Waals surface area contributed by atoms with Crippen LogP contribution < -0.4 is 11.1 Å². The minimum Gasteiger partial charge on any atom is -0.396 e. The first-order chi connectivity index (χ1) is 8.01. The summed E-state index contributed by atoms with van der Waals surface area (Å²) in [6.07, 6.45) is 3.84. The van der Waals surface area contributed by atoms with Gasteiger partial charge in [0.1, 0.15) is 6.54 Å². The van der Waals surface area contributed by atoms with Crippen molar-refractivity contribution in [3.05, 3.63) is 12.4 Å². The topological polar surface area (TPSA) is 93.2 Å². The molecule has 1 aromatic heterocycles. The van der Waals surface area contributed by atoms with Gasteiger partial charge in [0, 0.05) is 6.20 Å². The van der Waals surface area contributed by atoms with E-state index in [0.717, 1.165) is 6.42 Å². The average molecular weight is 240 g/mol. The lowest BCUT2D eigenvalue weighted by Gasteiger charge is -2.18. The highest BCUT2D eigenvalue weighted by Crippen LogP contribution is 2.04. The highest BCUT2D eigenvalue weighted by atomic mass is 16.3. The minimum atomic E-state index is -0.199. The maximum atomic E-state index is 11.6. The Kier molecular flexibility index (Phi) is 4.96. The monoisotopic (exact) mass is 240 g/mol. The van der Waals surface area contributed by atoms with Crippen molar-refractivity contribution in [1.82, 2.24) is 15.1 Å². The van der Waals surface area contributed by atoms with E-state index < -0.39 is 0 Å². The summed E-state index contributed by atoms with van der Waals surface area (Å²) in [4.78, 5) is 11.6. The van der Waals surface area contributed by atoms with Gasteiger partial charge < -0.3 is 16.2 Å². The molecule has 0 aliphatic rings. The van der Waals surface area contributed by atoms with E-state index in [1.54, 1.807) is 6.20 Å². The third kappa shape index (κ3) is 4.86. The normalized spacial score (nSPS) is 12.7. The summed E-state index contributed by atoms with van der Waals surface area (Å²) >= 11 is 0. The highest BCUT2D eigenvalue weighted by Gasteiger charge is 2.13. The van der Waals surface area contributed by atoms with E-state index in [0.29, 0.717) is 11.6 Å². The third-order valence-electron chi connectivity index (χ3n) is 2.30. The van der Waals surface area contributed by atoms with E-state index in [-0.39, 0.29) is 25.1 Å². The number of aromatic nitrogens is 2. The Bertz CT molecular complexity index is 362. The minimum absolute atomic E-state index is 0.0504. The van der Waals surface area contributed by atoms with Crippen molar-refractivity contribution in [2.45, 2.75) is 32.9 Å². The number of hydrogen-bond donors (Lipinski definition) is 3. The highest BCUT2D eigenvalue weighted by molar-refractivity contribution is 5.76. The van der Waals surface area contributed by atoms with E-state index in [1.165, 1.54) is 10.9 Å². The fourth-order valence-corrected chi connectivity index (χ4v) is 1.63. The number of nitrogens with two attached hydrogens (primary N) is 1. The molecule has 1 rings (SSSR count). The van der Waals surface area contributed by atoms with E-state index in [4.69, 9.17) is 10.8 Å². The van der Waals surface area contributed by atoms with Crippen LogP contribution in [0.3, 0.4) is 0 Å². The Morgan fingerprint density at radius 2 is 2.35 bits per heavy atom. The molecule has 4 N–H and O–H groups in total. The summed E-state index contributed by atoms with van der Waals surface area (Å²) in [6, 6.07) is -0.199. The van der Waals surface area contributed by atoms with Gasteiger partial charge in [-0.2, -0.15) is 5.10 Å². The molecule has 0 aromatic carbocycles. The fraction of sp³-hybridized carbons (Fsp3) is 0.636. The molecule has 17 heavy (non-hydrogen) atoms. The molecule has 0 spiro atoms. The second-order valence-electron chi connectivity index (χ2n) is 4.55. The molecule has 1 atom stereocenters. The summed E-state index contributed by atoms with van der Waals surface area (Å²) in [6.45, 7) is 4.16. The van der Waals surface area contributed by atoms with E-state index in [9.17, 15) is 4.79 Å². The second kappa shape index (κ2) is 6.24. The number of nitrogen functional groups attached to an aromatic ring is 1. The van der Waals surface area contributed by atoms with Gasteiger partial charge in [-0.25, -0.2) is 0 Å². The lowest BCUT2D eigenvalue weighted by Crippen LogP contribution is -2.40. The van der Waals surface area contributed by atoms with Gasteiger partial charge in [0.2, 0.25) is 5.91 Å². The predicted octanol–water partition coefficient (Wildman–Crippen LogP) is -0.0115. The van der Waals surface area contributed by atoms with Crippen LogP contribution in [0.25, 0.3) is 0 Å². The molecule has 6 nitrogen and oxygen atoms in total. The number of carbonyl (C=O) groups excluding carboxylic acids is 1. The molecule has 1 amide bonds. The molecule has 1 unspecified atom stereocenters. The summed E-state index contributed by atoms with van der Waals surface area (Å²) in [5, 5.41) is 15.8. The Labute approximate surface area is 101 Å².